The van der Waals surface area contributed by atoms with E-state index < -0.39 is 12.0 Å². The summed E-state index contributed by atoms with van der Waals surface area (Å²) in [4.78, 5) is 22.7. The van der Waals surface area contributed by atoms with Crippen LogP contribution in [0.1, 0.15) is 36.3 Å². The minimum absolute atomic E-state index is 0.0624. The maximum Gasteiger partial charge on any atom is 0.248 e. The summed E-state index contributed by atoms with van der Waals surface area (Å²) < 4.78 is 7.14. The number of hydrogen-bond donors (Lipinski definition) is 2. The number of benzene rings is 2. The first-order valence-electron chi connectivity index (χ1n) is 10.6. The van der Waals surface area contributed by atoms with Crippen LogP contribution in [-0.4, -0.2) is 45.2 Å². The van der Waals surface area contributed by atoms with Crippen LogP contribution in [0.15, 0.2) is 53.5 Å². The molecule has 2 heterocycles. The van der Waals surface area contributed by atoms with Gasteiger partial charge in [-0.1, -0.05) is 30.3 Å². The minimum Gasteiger partial charge on any atom is -0.497 e. The molecule has 2 atom stereocenters. The molecule has 8 nitrogen and oxygen atoms in total. The minimum atomic E-state index is -0.582. The number of aliphatic imine (C=N–C) groups is 1. The molecular formula is C24H27N5O3. The number of aliphatic hydroxyl groups is 1. The second-order valence-electron chi connectivity index (χ2n) is 7.86. The number of anilines is 1. The maximum atomic E-state index is 13.5. The topological polar surface area (TPSA) is 102 Å². The summed E-state index contributed by atoms with van der Waals surface area (Å²) in [6, 6.07) is 14.9. The average molecular weight is 434 g/mol. The number of para-hydroxylation sites is 1. The molecule has 0 radical (unpaired) electrons. The zero-order chi connectivity index (χ0) is 22.7. The Morgan fingerprint density at radius 3 is 2.75 bits per heavy atom. The normalized spacial score (nSPS) is 17.4. The highest BCUT2D eigenvalue weighted by atomic mass is 16.5. The molecule has 0 saturated heterocycles. The predicted molar refractivity (Wildman–Crippen MR) is 123 cm³/mol. The van der Waals surface area contributed by atoms with Gasteiger partial charge >= 0.3 is 0 Å². The number of rotatable bonds is 7. The number of nitrogens with one attached hydrogen (secondary N) is 1. The molecule has 0 aliphatic carbocycles. The standard InChI is InChI=1S/C24H27N5O3/c1-15-8-4-5-11-19(15)26-23(31)21-16(2)25-24-27-20(12-7-13-30)28-29(24)22(21)17-9-6-10-18(14-17)32-3/h4-6,8-11,14,21-22,30H,7,12-13H2,1-3H3,(H,26,31). The Labute approximate surface area is 187 Å². The van der Waals surface area contributed by atoms with Crippen LogP contribution in [0, 0.1) is 12.8 Å². The first-order chi connectivity index (χ1) is 15.5. The lowest BCUT2D eigenvalue weighted by atomic mass is 9.87. The fourth-order valence-corrected chi connectivity index (χ4v) is 3.98. The summed E-state index contributed by atoms with van der Waals surface area (Å²) in [5.74, 6) is 1.01. The summed E-state index contributed by atoms with van der Waals surface area (Å²) in [5, 5.41) is 16.9. The molecule has 1 amide bonds. The SMILES string of the molecule is COc1cccc(C2C(C(=O)Nc3ccccc3C)C(C)=Nc3nc(CCCO)nn32)c1. The highest BCUT2D eigenvalue weighted by molar-refractivity contribution is 6.10. The summed E-state index contributed by atoms with van der Waals surface area (Å²) in [5.41, 5.74) is 3.29. The van der Waals surface area contributed by atoms with Gasteiger partial charge in [0, 0.05) is 24.4 Å². The van der Waals surface area contributed by atoms with E-state index in [0.29, 0.717) is 36.1 Å². The monoisotopic (exact) mass is 433 g/mol. The van der Waals surface area contributed by atoms with Gasteiger partial charge in [-0.15, -0.1) is 0 Å². The van der Waals surface area contributed by atoms with E-state index in [9.17, 15) is 9.90 Å². The third kappa shape index (κ3) is 4.27. The molecule has 1 aliphatic rings. The van der Waals surface area contributed by atoms with Crippen LogP contribution >= 0.6 is 0 Å². The Bertz CT molecular complexity index is 1150. The lowest BCUT2D eigenvalue weighted by Gasteiger charge is -2.30. The van der Waals surface area contributed by atoms with Gasteiger partial charge in [0.15, 0.2) is 5.82 Å². The molecule has 2 aromatic carbocycles. The molecule has 166 valence electrons. The van der Waals surface area contributed by atoms with Crippen molar-refractivity contribution >= 4 is 23.3 Å². The van der Waals surface area contributed by atoms with Crippen LogP contribution in [0.2, 0.25) is 0 Å². The Morgan fingerprint density at radius 1 is 1.19 bits per heavy atom. The molecule has 1 aliphatic heterocycles. The van der Waals surface area contributed by atoms with Crippen LogP contribution in [0.4, 0.5) is 11.6 Å². The Hall–Kier alpha value is -3.52. The van der Waals surface area contributed by atoms with Crippen molar-refractivity contribution in [1.29, 1.82) is 0 Å². The number of carbonyl (C=O) groups excluding carboxylic acids is 1. The van der Waals surface area contributed by atoms with E-state index >= 15 is 0 Å². The summed E-state index contributed by atoms with van der Waals surface area (Å²) in [6.07, 6.45) is 1.10. The molecule has 1 aromatic heterocycles. The fraction of sp³-hybridized carbons (Fsp3) is 0.333. The van der Waals surface area contributed by atoms with E-state index in [-0.39, 0.29) is 12.5 Å². The number of methoxy groups -OCH3 is 1. The van der Waals surface area contributed by atoms with Crippen molar-refractivity contribution in [2.24, 2.45) is 10.9 Å². The quantitative estimate of drug-likeness (QED) is 0.594. The van der Waals surface area contributed by atoms with Gasteiger partial charge in [0.2, 0.25) is 11.9 Å². The molecule has 0 saturated carbocycles. The second kappa shape index (κ2) is 9.32. The maximum absolute atomic E-state index is 13.5. The molecule has 2 N–H and O–H groups in total. The molecule has 8 heteroatoms. The molecule has 0 fully saturated rings. The van der Waals surface area contributed by atoms with Crippen LogP contribution in [0.25, 0.3) is 0 Å². The van der Waals surface area contributed by atoms with Crippen LogP contribution in [-0.2, 0) is 11.2 Å². The molecule has 4 rings (SSSR count). The number of carbonyl (C=O) groups is 1. The van der Waals surface area contributed by atoms with E-state index in [1.807, 2.05) is 62.4 Å². The zero-order valence-electron chi connectivity index (χ0n) is 18.4. The Kier molecular flexibility index (Phi) is 6.32. The van der Waals surface area contributed by atoms with Crippen molar-refractivity contribution in [2.45, 2.75) is 32.7 Å². The highest BCUT2D eigenvalue weighted by Gasteiger charge is 2.39. The average Bonchev–Trinajstić information content (AvgIpc) is 3.20. The van der Waals surface area contributed by atoms with Gasteiger partial charge in [-0.05, 0) is 49.6 Å². The van der Waals surface area contributed by atoms with Gasteiger partial charge in [0.25, 0.3) is 0 Å². The van der Waals surface area contributed by atoms with Crippen molar-refractivity contribution in [3.05, 3.63) is 65.5 Å². The van der Waals surface area contributed by atoms with E-state index in [1.54, 1.807) is 11.8 Å². The number of hydrogen-bond acceptors (Lipinski definition) is 6. The van der Waals surface area contributed by atoms with E-state index in [1.165, 1.54) is 0 Å². The van der Waals surface area contributed by atoms with Crippen LogP contribution < -0.4 is 10.1 Å². The highest BCUT2D eigenvalue weighted by Crippen LogP contribution is 2.37. The number of fused-ring (bicyclic) bond motifs is 1. The lowest BCUT2D eigenvalue weighted by Crippen LogP contribution is -2.39. The van der Waals surface area contributed by atoms with E-state index in [2.05, 4.69) is 20.4 Å². The predicted octanol–water partition coefficient (Wildman–Crippen LogP) is 3.47. The van der Waals surface area contributed by atoms with Gasteiger partial charge < -0.3 is 15.2 Å². The van der Waals surface area contributed by atoms with Gasteiger partial charge in [0.1, 0.15) is 11.7 Å². The number of aromatic nitrogens is 3. The van der Waals surface area contributed by atoms with Crippen molar-refractivity contribution < 1.29 is 14.6 Å². The summed E-state index contributed by atoms with van der Waals surface area (Å²) in [7, 11) is 1.61. The molecular weight excluding hydrogens is 406 g/mol. The summed E-state index contributed by atoms with van der Waals surface area (Å²) >= 11 is 0. The van der Waals surface area contributed by atoms with E-state index in [0.717, 1.165) is 16.8 Å². The second-order valence-corrected chi connectivity index (χ2v) is 7.86. The van der Waals surface area contributed by atoms with Crippen molar-refractivity contribution in [3.63, 3.8) is 0 Å². The number of aliphatic hydroxyl groups excluding tert-OH is 1. The van der Waals surface area contributed by atoms with Crippen molar-refractivity contribution in [1.82, 2.24) is 14.8 Å². The molecule has 3 aromatic rings. The molecule has 0 spiro atoms. The van der Waals surface area contributed by atoms with Crippen LogP contribution in [0.3, 0.4) is 0 Å². The number of amides is 1. The smallest absolute Gasteiger partial charge is 0.248 e. The first kappa shape index (κ1) is 21.7. The third-order valence-electron chi connectivity index (χ3n) is 5.64. The third-order valence-corrected chi connectivity index (χ3v) is 5.64. The Balaban J connectivity index is 1.77. The number of nitrogens with zero attached hydrogens (tertiary/aromatic N) is 4. The molecule has 32 heavy (non-hydrogen) atoms. The lowest BCUT2D eigenvalue weighted by molar-refractivity contribution is -0.118. The van der Waals surface area contributed by atoms with E-state index in [4.69, 9.17) is 4.74 Å². The summed E-state index contributed by atoms with van der Waals surface area (Å²) in [6.45, 7) is 3.87. The Morgan fingerprint density at radius 2 is 2.00 bits per heavy atom. The number of aryl methyl sites for hydroxylation is 2. The van der Waals surface area contributed by atoms with Crippen molar-refractivity contribution in [2.75, 3.05) is 19.0 Å². The number of ether oxygens (including phenoxy) is 1. The van der Waals surface area contributed by atoms with Crippen molar-refractivity contribution in [3.8, 4) is 5.75 Å². The molecule has 2 unspecified atom stereocenters. The van der Waals surface area contributed by atoms with Gasteiger partial charge in [-0.25, -0.2) is 9.67 Å². The van der Waals surface area contributed by atoms with Crippen LogP contribution in [0.5, 0.6) is 5.75 Å². The fourth-order valence-electron chi connectivity index (χ4n) is 3.98. The van der Waals surface area contributed by atoms with Gasteiger partial charge in [-0.2, -0.15) is 10.1 Å². The van der Waals surface area contributed by atoms with Gasteiger partial charge in [0.05, 0.1) is 13.2 Å². The zero-order valence-corrected chi connectivity index (χ0v) is 18.4. The first-order valence-corrected chi connectivity index (χ1v) is 10.6. The largest absolute Gasteiger partial charge is 0.497 e. The molecule has 0 bridgehead atoms. The van der Waals surface area contributed by atoms with Gasteiger partial charge in [-0.3, -0.25) is 4.79 Å².